The fourth-order valence-corrected chi connectivity index (χ4v) is 3.21. The number of nitrogens with one attached hydrogen (secondary N) is 2. The van der Waals surface area contributed by atoms with Crippen molar-refractivity contribution in [3.8, 4) is 0 Å². The fourth-order valence-electron chi connectivity index (χ4n) is 3.21. The molecule has 3 amide bonds. The van der Waals surface area contributed by atoms with Gasteiger partial charge in [-0.05, 0) is 31.2 Å². The number of fused-ring (bicyclic) bond motifs is 2. The van der Waals surface area contributed by atoms with Crippen LogP contribution in [0.2, 0.25) is 0 Å². The zero-order chi connectivity index (χ0) is 20.5. The summed E-state index contributed by atoms with van der Waals surface area (Å²) in [4.78, 5) is 34.2. The third kappa shape index (κ3) is 3.71. The lowest BCUT2D eigenvalue weighted by atomic mass is 10.1. The molecule has 3 heterocycles. The summed E-state index contributed by atoms with van der Waals surface area (Å²) in [5, 5.41) is 6.13. The lowest BCUT2D eigenvalue weighted by molar-refractivity contribution is -0.122. The van der Waals surface area contributed by atoms with Gasteiger partial charge < -0.3 is 15.5 Å². The van der Waals surface area contributed by atoms with Crippen LogP contribution in [0.4, 0.5) is 19.3 Å². The Morgan fingerprint density at radius 1 is 1.31 bits per heavy atom. The molecule has 1 aromatic carbocycles. The molecule has 0 unspecified atom stereocenters. The molecular formula is C20H17F2N5O2. The van der Waals surface area contributed by atoms with Gasteiger partial charge in [-0.2, -0.15) is 0 Å². The van der Waals surface area contributed by atoms with Crippen LogP contribution < -0.4 is 10.6 Å². The number of pyridine rings is 2. The van der Waals surface area contributed by atoms with Crippen LogP contribution in [0.3, 0.4) is 0 Å². The highest BCUT2D eigenvalue weighted by molar-refractivity contribution is 5.95. The van der Waals surface area contributed by atoms with E-state index < -0.39 is 29.6 Å². The SMILES string of the molecule is C[C@@H](NC(=O)CN1Cc2c(ccc(F)c2F)NC1=O)c1cc2cccnc2cn1. The molecule has 2 aromatic heterocycles. The average Bonchev–Trinajstić information content (AvgIpc) is 2.71. The molecule has 0 bridgehead atoms. The van der Waals surface area contributed by atoms with E-state index in [-0.39, 0.29) is 24.3 Å². The van der Waals surface area contributed by atoms with Gasteiger partial charge in [0.25, 0.3) is 0 Å². The third-order valence-corrected chi connectivity index (χ3v) is 4.74. The van der Waals surface area contributed by atoms with E-state index in [1.54, 1.807) is 19.3 Å². The van der Waals surface area contributed by atoms with Gasteiger partial charge in [0.05, 0.1) is 35.7 Å². The second kappa shape index (κ2) is 7.42. The summed E-state index contributed by atoms with van der Waals surface area (Å²) in [7, 11) is 0. The first-order chi connectivity index (χ1) is 13.9. The molecule has 2 N–H and O–H groups in total. The average molecular weight is 397 g/mol. The minimum Gasteiger partial charge on any atom is -0.346 e. The van der Waals surface area contributed by atoms with E-state index in [1.165, 1.54) is 6.07 Å². The molecule has 9 heteroatoms. The number of halogens is 2. The second-order valence-electron chi connectivity index (χ2n) is 6.77. The summed E-state index contributed by atoms with van der Waals surface area (Å²) in [5.74, 6) is -2.48. The normalized spacial score (nSPS) is 14.3. The highest BCUT2D eigenvalue weighted by atomic mass is 19.2. The van der Waals surface area contributed by atoms with Crippen LogP contribution in [-0.4, -0.2) is 33.4 Å². The van der Waals surface area contributed by atoms with Crippen LogP contribution >= 0.6 is 0 Å². The zero-order valence-corrected chi connectivity index (χ0v) is 15.4. The number of anilines is 1. The van der Waals surface area contributed by atoms with E-state index in [4.69, 9.17) is 0 Å². The summed E-state index contributed by atoms with van der Waals surface area (Å²) >= 11 is 0. The number of urea groups is 1. The quantitative estimate of drug-likeness (QED) is 0.708. The van der Waals surface area contributed by atoms with Crippen molar-refractivity contribution in [2.24, 2.45) is 0 Å². The Morgan fingerprint density at radius 2 is 2.14 bits per heavy atom. The number of hydrogen-bond acceptors (Lipinski definition) is 4. The number of carbonyl (C=O) groups excluding carboxylic acids is 2. The van der Waals surface area contributed by atoms with E-state index in [0.717, 1.165) is 21.9 Å². The molecule has 0 spiro atoms. The largest absolute Gasteiger partial charge is 0.346 e. The Hall–Kier alpha value is -3.62. The Kier molecular flexibility index (Phi) is 4.79. The molecule has 0 radical (unpaired) electrons. The molecule has 29 heavy (non-hydrogen) atoms. The molecule has 0 fully saturated rings. The van der Waals surface area contributed by atoms with Gasteiger partial charge in [-0.1, -0.05) is 6.07 Å². The van der Waals surface area contributed by atoms with Gasteiger partial charge in [0, 0.05) is 17.1 Å². The topological polar surface area (TPSA) is 87.2 Å². The van der Waals surface area contributed by atoms with Crippen LogP contribution in [0.15, 0.2) is 42.7 Å². The Labute approximate surface area is 164 Å². The number of amides is 3. The minimum atomic E-state index is -1.03. The number of carbonyl (C=O) groups is 2. The number of hydrogen-bond donors (Lipinski definition) is 2. The standard InChI is InChI=1S/C20H17F2N5O2/c1-11(16-7-12-3-2-6-23-17(12)8-24-16)25-18(28)10-27-9-13-15(26-20(27)29)5-4-14(21)19(13)22/h2-8,11H,9-10H2,1H3,(H,25,28)(H,26,29)/t11-/m1/s1. The molecule has 1 aliphatic rings. The minimum absolute atomic E-state index is 0.00847. The number of nitrogens with zero attached hydrogens (tertiary/aromatic N) is 3. The predicted octanol–water partition coefficient (Wildman–Crippen LogP) is 3.13. The molecule has 3 aromatic rings. The molecule has 1 aliphatic heterocycles. The maximum absolute atomic E-state index is 14.0. The Bertz CT molecular complexity index is 1120. The summed E-state index contributed by atoms with van der Waals surface area (Å²) in [6.07, 6.45) is 3.30. The van der Waals surface area contributed by atoms with Gasteiger partial charge in [-0.15, -0.1) is 0 Å². The third-order valence-electron chi connectivity index (χ3n) is 4.74. The molecule has 7 nitrogen and oxygen atoms in total. The molecular weight excluding hydrogens is 380 g/mol. The van der Waals surface area contributed by atoms with Crippen molar-refractivity contribution in [1.82, 2.24) is 20.2 Å². The van der Waals surface area contributed by atoms with Crippen molar-refractivity contribution < 1.29 is 18.4 Å². The van der Waals surface area contributed by atoms with Crippen molar-refractivity contribution in [1.29, 1.82) is 0 Å². The summed E-state index contributed by atoms with van der Waals surface area (Å²) in [6.45, 7) is 1.26. The highest BCUT2D eigenvalue weighted by Gasteiger charge is 2.28. The maximum Gasteiger partial charge on any atom is 0.322 e. The van der Waals surface area contributed by atoms with Gasteiger partial charge in [-0.25, -0.2) is 13.6 Å². The predicted molar refractivity (Wildman–Crippen MR) is 102 cm³/mol. The Morgan fingerprint density at radius 3 is 2.97 bits per heavy atom. The lowest BCUT2D eigenvalue weighted by Crippen LogP contribution is -2.45. The van der Waals surface area contributed by atoms with E-state index in [2.05, 4.69) is 20.6 Å². The van der Waals surface area contributed by atoms with Gasteiger partial charge in [0.15, 0.2) is 11.6 Å². The van der Waals surface area contributed by atoms with Gasteiger partial charge in [0.1, 0.15) is 6.54 Å². The smallest absolute Gasteiger partial charge is 0.322 e. The molecule has 0 aliphatic carbocycles. The van der Waals surface area contributed by atoms with Crippen LogP contribution in [0.5, 0.6) is 0 Å². The van der Waals surface area contributed by atoms with Gasteiger partial charge in [0.2, 0.25) is 5.91 Å². The molecule has 1 atom stereocenters. The van der Waals surface area contributed by atoms with E-state index in [0.29, 0.717) is 5.69 Å². The summed E-state index contributed by atoms with van der Waals surface area (Å²) in [6, 6.07) is 6.81. The number of rotatable bonds is 4. The van der Waals surface area contributed by atoms with Crippen molar-refractivity contribution >= 4 is 28.5 Å². The van der Waals surface area contributed by atoms with Crippen LogP contribution in [0, 0.1) is 11.6 Å². The molecule has 4 rings (SSSR count). The van der Waals surface area contributed by atoms with Crippen LogP contribution in [0.1, 0.15) is 24.2 Å². The van der Waals surface area contributed by atoms with E-state index in [9.17, 15) is 18.4 Å². The summed E-state index contributed by atoms with van der Waals surface area (Å²) in [5.41, 5.74) is 1.59. The molecule has 0 saturated heterocycles. The fraction of sp³-hybridized carbons (Fsp3) is 0.200. The first kappa shape index (κ1) is 18.7. The monoisotopic (exact) mass is 397 g/mol. The van der Waals surface area contributed by atoms with Gasteiger partial charge >= 0.3 is 6.03 Å². The first-order valence-corrected chi connectivity index (χ1v) is 8.95. The first-order valence-electron chi connectivity index (χ1n) is 8.95. The molecule has 148 valence electrons. The van der Waals surface area contributed by atoms with Crippen LogP contribution in [-0.2, 0) is 11.3 Å². The number of benzene rings is 1. The summed E-state index contributed by atoms with van der Waals surface area (Å²) < 4.78 is 27.5. The van der Waals surface area contributed by atoms with Crippen molar-refractivity contribution in [3.05, 3.63) is 65.6 Å². The van der Waals surface area contributed by atoms with Crippen molar-refractivity contribution in [2.45, 2.75) is 19.5 Å². The van der Waals surface area contributed by atoms with Gasteiger partial charge in [-0.3, -0.25) is 14.8 Å². The van der Waals surface area contributed by atoms with E-state index in [1.807, 2.05) is 18.2 Å². The van der Waals surface area contributed by atoms with Crippen molar-refractivity contribution in [2.75, 3.05) is 11.9 Å². The van der Waals surface area contributed by atoms with Crippen LogP contribution in [0.25, 0.3) is 10.9 Å². The second-order valence-corrected chi connectivity index (χ2v) is 6.77. The zero-order valence-electron chi connectivity index (χ0n) is 15.4. The maximum atomic E-state index is 14.0. The number of aromatic nitrogens is 2. The van der Waals surface area contributed by atoms with Crippen molar-refractivity contribution in [3.63, 3.8) is 0 Å². The highest BCUT2D eigenvalue weighted by Crippen LogP contribution is 2.27. The molecule has 0 saturated carbocycles. The van der Waals surface area contributed by atoms with E-state index >= 15 is 0 Å². The Balaban J connectivity index is 1.44. The lowest BCUT2D eigenvalue weighted by Gasteiger charge is -2.29.